The van der Waals surface area contributed by atoms with E-state index in [0.29, 0.717) is 22.6 Å². The van der Waals surface area contributed by atoms with E-state index < -0.39 is 11.9 Å². The molecule has 0 spiro atoms. The number of amides is 1. The molecular weight excluding hydrogens is 448 g/mol. The summed E-state index contributed by atoms with van der Waals surface area (Å²) in [4.78, 5) is 23.9. The Morgan fingerprint density at radius 3 is 2.27 bits per heavy atom. The molecule has 0 aromatic heterocycles. The molecule has 3 rings (SSSR count). The molecule has 0 heterocycles. The van der Waals surface area contributed by atoms with E-state index in [1.807, 2.05) is 30.3 Å². The normalized spacial score (nSPS) is 10.7. The standard InChI is InChI=1S/C23H15BrN2O4/c24-19-3-1-2-4-21(19)30-18-11-7-15(8-12-18)13-20(23(28)29)26-22(27)17-9-5-16(14-25)6-10-17/h1-13H,(H,26,27)(H,28,29)/b20-13-. The summed E-state index contributed by atoms with van der Waals surface area (Å²) >= 11 is 3.41. The Morgan fingerprint density at radius 1 is 1.00 bits per heavy atom. The highest BCUT2D eigenvalue weighted by atomic mass is 79.9. The average molecular weight is 463 g/mol. The third-order valence-corrected chi connectivity index (χ3v) is 4.67. The molecule has 3 aromatic rings. The number of rotatable bonds is 6. The molecule has 30 heavy (non-hydrogen) atoms. The molecule has 0 fully saturated rings. The Balaban J connectivity index is 1.74. The van der Waals surface area contributed by atoms with Crippen LogP contribution in [0.25, 0.3) is 6.08 Å². The second-order valence-corrected chi connectivity index (χ2v) is 6.96. The van der Waals surface area contributed by atoms with Gasteiger partial charge in [0.05, 0.1) is 16.1 Å². The second kappa shape index (κ2) is 9.54. The SMILES string of the molecule is N#Cc1ccc(C(=O)N/C(=C\c2ccc(Oc3ccccc3Br)cc2)C(=O)O)cc1. The van der Waals surface area contributed by atoms with Crippen molar-refractivity contribution in [3.63, 3.8) is 0 Å². The summed E-state index contributed by atoms with van der Waals surface area (Å²) < 4.78 is 6.59. The van der Waals surface area contributed by atoms with Crippen molar-refractivity contribution in [2.45, 2.75) is 0 Å². The van der Waals surface area contributed by atoms with Crippen molar-refractivity contribution in [1.29, 1.82) is 5.26 Å². The average Bonchev–Trinajstić information content (AvgIpc) is 2.76. The number of carboxylic acid groups (broad SMARTS) is 1. The first-order valence-electron chi connectivity index (χ1n) is 8.75. The van der Waals surface area contributed by atoms with E-state index >= 15 is 0 Å². The van der Waals surface area contributed by atoms with Gasteiger partial charge in [-0.1, -0.05) is 24.3 Å². The Bertz CT molecular complexity index is 1150. The molecule has 0 aliphatic carbocycles. The molecule has 1 amide bonds. The summed E-state index contributed by atoms with van der Waals surface area (Å²) in [5.41, 5.74) is 0.958. The van der Waals surface area contributed by atoms with Gasteiger partial charge in [0, 0.05) is 5.56 Å². The quantitative estimate of drug-likeness (QED) is 0.503. The van der Waals surface area contributed by atoms with Crippen molar-refractivity contribution in [3.05, 3.63) is 99.7 Å². The number of nitriles is 1. The van der Waals surface area contributed by atoms with Crippen LogP contribution in [-0.4, -0.2) is 17.0 Å². The minimum absolute atomic E-state index is 0.248. The molecule has 3 aromatic carbocycles. The summed E-state index contributed by atoms with van der Waals surface area (Å²) in [6.45, 7) is 0. The monoisotopic (exact) mass is 462 g/mol. The maximum atomic E-state index is 12.3. The number of ether oxygens (including phenoxy) is 1. The number of para-hydroxylation sites is 1. The number of hydrogen-bond acceptors (Lipinski definition) is 4. The zero-order valence-electron chi connectivity index (χ0n) is 15.5. The molecule has 0 unspecified atom stereocenters. The molecular formula is C23H15BrN2O4. The third kappa shape index (κ3) is 5.34. The lowest BCUT2D eigenvalue weighted by molar-refractivity contribution is -0.132. The zero-order valence-corrected chi connectivity index (χ0v) is 17.1. The van der Waals surface area contributed by atoms with Crippen molar-refractivity contribution in [2.24, 2.45) is 0 Å². The van der Waals surface area contributed by atoms with Crippen LogP contribution < -0.4 is 10.1 Å². The number of carboxylic acids is 1. The van der Waals surface area contributed by atoms with Gasteiger partial charge in [-0.15, -0.1) is 0 Å². The summed E-state index contributed by atoms with van der Waals surface area (Å²) in [6, 6.07) is 22.0. The van der Waals surface area contributed by atoms with Crippen LogP contribution in [0.15, 0.2) is 83.0 Å². The summed E-state index contributed by atoms with van der Waals surface area (Å²) in [7, 11) is 0. The lowest BCUT2D eigenvalue weighted by Gasteiger charge is -2.08. The molecule has 0 aliphatic heterocycles. The highest BCUT2D eigenvalue weighted by Gasteiger charge is 2.13. The topological polar surface area (TPSA) is 99.4 Å². The van der Waals surface area contributed by atoms with Gasteiger partial charge in [-0.2, -0.15) is 5.26 Å². The van der Waals surface area contributed by atoms with Crippen molar-refractivity contribution < 1.29 is 19.4 Å². The molecule has 7 heteroatoms. The van der Waals surface area contributed by atoms with Crippen LogP contribution in [0.3, 0.4) is 0 Å². The van der Waals surface area contributed by atoms with Crippen molar-refractivity contribution in [3.8, 4) is 17.6 Å². The maximum absolute atomic E-state index is 12.3. The van der Waals surface area contributed by atoms with E-state index in [0.717, 1.165) is 4.47 Å². The second-order valence-electron chi connectivity index (χ2n) is 6.11. The fourth-order valence-electron chi connectivity index (χ4n) is 2.50. The first-order chi connectivity index (χ1) is 14.5. The molecule has 0 aliphatic rings. The van der Waals surface area contributed by atoms with Gasteiger partial charge in [0.1, 0.15) is 17.2 Å². The van der Waals surface area contributed by atoms with Gasteiger partial charge in [0.25, 0.3) is 5.91 Å². The molecule has 6 nitrogen and oxygen atoms in total. The Hall–Kier alpha value is -3.89. The zero-order chi connectivity index (χ0) is 21.5. The molecule has 0 saturated heterocycles. The predicted octanol–water partition coefficient (Wildman–Crippen LogP) is 4.97. The largest absolute Gasteiger partial charge is 0.477 e. The highest BCUT2D eigenvalue weighted by Crippen LogP contribution is 2.29. The van der Waals surface area contributed by atoms with Crippen molar-refractivity contribution in [2.75, 3.05) is 0 Å². The van der Waals surface area contributed by atoms with Gasteiger partial charge >= 0.3 is 5.97 Å². The fourth-order valence-corrected chi connectivity index (χ4v) is 2.86. The molecule has 0 bridgehead atoms. The van der Waals surface area contributed by atoms with Crippen molar-refractivity contribution in [1.82, 2.24) is 5.32 Å². The number of nitrogens with one attached hydrogen (secondary N) is 1. The lowest BCUT2D eigenvalue weighted by atomic mass is 10.1. The van der Waals surface area contributed by atoms with Crippen molar-refractivity contribution >= 4 is 33.9 Å². The summed E-state index contributed by atoms with van der Waals surface area (Å²) in [5.74, 6) is -0.619. The molecule has 0 atom stereocenters. The molecule has 0 radical (unpaired) electrons. The van der Waals surface area contributed by atoms with Gasteiger partial charge < -0.3 is 15.2 Å². The number of carbonyl (C=O) groups excluding carboxylic acids is 1. The highest BCUT2D eigenvalue weighted by molar-refractivity contribution is 9.10. The number of hydrogen-bond donors (Lipinski definition) is 2. The Labute approximate surface area is 181 Å². The minimum atomic E-state index is -1.27. The van der Waals surface area contributed by atoms with Gasteiger partial charge in [0.15, 0.2) is 0 Å². The number of nitrogens with zero attached hydrogens (tertiary/aromatic N) is 1. The van der Waals surface area contributed by atoms with E-state index in [2.05, 4.69) is 21.2 Å². The van der Waals surface area contributed by atoms with Gasteiger partial charge in [-0.25, -0.2) is 4.79 Å². The van der Waals surface area contributed by atoms with Gasteiger partial charge in [-0.3, -0.25) is 4.79 Å². The Kier molecular flexibility index (Phi) is 6.63. The Morgan fingerprint density at radius 2 is 1.67 bits per heavy atom. The third-order valence-electron chi connectivity index (χ3n) is 4.01. The molecule has 0 saturated carbocycles. The predicted molar refractivity (Wildman–Crippen MR) is 115 cm³/mol. The van der Waals surface area contributed by atoms with Crippen LogP contribution in [0.5, 0.6) is 11.5 Å². The lowest BCUT2D eigenvalue weighted by Crippen LogP contribution is -2.27. The first kappa shape index (κ1) is 20.8. The van der Waals surface area contributed by atoms with E-state index in [-0.39, 0.29) is 11.3 Å². The molecule has 148 valence electrons. The van der Waals surface area contributed by atoms with Crippen LogP contribution in [0.4, 0.5) is 0 Å². The molecule has 2 N–H and O–H groups in total. The number of halogens is 1. The van der Waals surface area contributed by atoms with Crippen LogP contribution >= 0.6 is 15.9 Å². The number of aliphatic carboxylic acids is 1. The van der Waals surface area contributed by atoms with Gasteiger partial charge in [-0.05, 0) is 76.1 Å². The summed E-state index contributed by atoms with van der Waals surface area (Å²) in [6.07, 6.45) is 1.35. The fraction of sp³-hybridized carbons (Fsp3) is 0. The number of carbonyl (C=O) groups is 2. The minimum Gasteiger partial charge on any atom is -0.477 e. The maximum Gasteiger partial charge on any atom is 0.352 e. The first-order valence-corrected chi connectivity index (χ1v) is 9.54. The van der Waals surface area contributed by atoms with E-state index in [1.165, 1.54) is 30.3 Å². The van der Waals surface area contributed by atoms with E-state index in [4.69, 9.17) is 10.00 Å². The van der Waals surface area contributed by atoms with Crippen LogP contribution in [-0.2, 0) is 4.79 Å². The van der Waals surface area contributed by atoms with E-state index in [9.17, 15) is 14.7 Å². The smallest absolute Gasteiger partial charge is 0.352 e. The van der Waals surface area contributed by atoms with E-state index in [1.54, 1.807) is 24.3 Å². The summed E-state index contributed by atoms with van der Waals surface area (Å²) in [5, 5.41) is 20.6. The van der Waals surface area contributed by atoms with Crippen LogP contribution in [0.1, 0.15) is 21.5 Å². The van der Waals surface area contributed by atoms with Gasteiger partial charge in [0.2, 0.25) is 0 Å². The number of benzene rings is 3. The van der Waals surface area contributed by atoms with Crippen LogP contribution in [0.2, 0.25) is 0 Å². The van der Waals surface area contributed by atoms with Crippen LogP contribution in [0, 0.1) is 11.3 Å².